The third-order valence-electron chi connectivity index (χ3n) is 20.9. The van der Waals surface area contributed by atoms with Crippen molar-refractivity contribution < 1.29 is 0 Å². The van der Waals surface area contributed by atoms with E-state index in [1.54, 1.807) is 0 Å². The maximum Gasteiger partial charge on any atom is 0.238 e. The zero-order chi connectivity index (χ0) is 60.7. The van der Waals surface area contributed by atoms with E-state index < -0.39 is 0 Å². The fourth-order valence-electron chi connectivity index (χ4n) is 16.4. The van der Waals surface area contributed by atoms with Crippen LogP contribution in [0.4, 0.5) is 0 Å². The van der Waals surface area contributed by atoms with Crippen LogP contribution in [0, 0.1) is 0 Å². The molecule has 5 nitrogen and oxygen atoms in total. The lowest BCUT2D eigenvalue weighted by molar-refractivity contribution is 0.654. The molecule has 5 heteroatoms. The van der Waals surface area contributed by atoms with E-state index in [-0.39, 0.29) is 16.2 Å². The second-order valence-corrected chi connectivity index (χ2v) is 26.6. The molecule has 0 spiro atoms. The molecular formula is C85H63N5. The molecule has 90 heavy (non-hydrogen) atoms. The highest BCUT2D eigenvalue weighted by Gasteiger charge is 2.38. The Hall–Kier alpha value is -10.9. The minimum absolute atomic E-state index is 0.0903. The molecule has 3 aliphatic rings. The van der Waals surface area contributed by atoms with Gasteiger partial charge in [-0.3, -0.25) is 13.7 Å². The van der Waals surface area contributed by atoms with Gasteiger partial charge in [-0.05, 0) is 155 Å². The number of hydrogen-bond donors (Lipinski definition) is 0. The van der Waals surface area contributed by atoms with Crippen LogP contribution < -0.4 is 0 Å². The van der Waals surface area contributed by atoms with E-state index in [0.717, 1.165) is 105 Å². The summed E-state index contributed by atoms with van der Waals surface area (Å²) in [5.74, 6) is 2.09. The van der Waals surface area contributed by atoms with Crippen LogP contribution in [0.25, 0.3) is 144 Å². The van der Waals surface area contributed by atoms with Gasteiger partial charge in [0.05, 0.1) is 33.1 Å². The first kappa shape index (κ1) is 52.3. The topological polar surface area (TPSA) is 40.6 Å². The number of benzene rings is 11. The summed E-state index contributed by atoms with van der Waals surface area (Å²) in [6, 6.07) is 88.2. The predicted molar refractivity (Wildman–Crippen MR) is 377 cm³/mol. The molecule has 0 bridgehead atoms. The Bertz CT molecular complexity index is 5500. The molecule has 3 aliphatic carbocycles. The summed E-state index contributed by atoms with van der Waals surface area (Å²) < 4.78 is 7.06. The molecule has 11 aromatic carbocycles. The van der Waals surface area contributed by atoms with Crippen molar-refractivity contribution in [1.82, 2.24) is 23.7 Å². The van der Waals surface area contributed by atoms with Gasteiger partial charge in [-0.25, -0.2) is 0 Å². The first-order valence-electron chi connectivity index (χ1n) is 31.4. The minimum atomic E-state index is -0.189. The van der Waals surface area contributed by atoms with Crippen LogP contribution in [0.1, 0.15) is 74.9 Å². The zero-order valence-electron chi connectivity index (χ0n) is 51.3. The summed E-state index contributed by atoms with van der Waals surface area (Å²) in [5.41, 5.74) is 28.3. The molecule has 18 rings (SSSR count). The van der Waals surface area contributed by atoms with Crippen molar-refractivity contribution in [2.24, 2.45) is 0 Å². The van der Waals surface area contributed by atoms with Gasteiger partial charge >= 0.3 is 0 Å². The Morgan fingerprint density at radius 3 is 1.06 bits per heavy atom. The average molecular weight is 1150 g/mol. The molecule has 0 fully saturated rings. The van der Waals surface area contributed by atoms with Crippen molar-refractivity contribution in [2.45, 2.75) is 57.8 Å². The number of para-hydroxylation sites is 3. The summed E-state index contributed by atoms with van der Waals surface area (Å²) >= 11 is 0. The quantitative estimate of drug-likeness (QED) is 0.152. The molecule has 0 radical (unpaired) electrons. The Labute approximate surface area is 523 Å². The van der Waals surface area contributed by atoms with Crippen LogP contribution in [0.3, 0.4) is 0 Å². The highest BCUT2D eigenvalue weighted by molar-refractivity contribution is 6.13. The van der Waals surface area contributed by atoms with E-state index in [2.05, 4.69) is 305 Å². The molecule has 4 aromatic heterocycles. The lowest BCUT2D eigenvalue weighted by Gasteiger charge is -2.22. The van der Waals surface area contributed by atoms with E-state index in [9.17, 15) is 0 Å². The van der Waals surface area contributed by atoms with Crippen molar-refractivity contribution in [1.29, 1.82) is 0 Å². The van der Waals surface area contributed by atoms with Gasteiger partial charge in [0, 0.05) is 54.6 Å². The first-order chi connectivity index (χ1) is 43.8. The summed E-state index contributed by atoms with van der Waals surface area (Å²) in [6.45, 7) is 22.5. The number of rotatable bonds is 8. The van der Waals surface area contributed by atoms with Gasteiger partial charge in [-0.2, -0.15) is 9.97 Å². The molecule has 0 saturated heterocycles. The lowest BCUT2D eigenvalue weighted by atomic mass is 9.81. The molecular weight excluding hydrogens is 1090 g/mol. The van der Waals surface area contributed by atoms with Crippen molar-refractivity contribution >= 4 is 71.0 Å². The Morgan fingerprint density at radius 2 is 0.622 bits per heavy atom. The van der Waals surface area contributed by atoms with Crippen LogP contribution in [-0.4, -0.2) is 23.7 Å². The number of hydrogen-bond acceptors (Lipinski definition) is 2. The Balaban J connectivity index is 0.897. The maximum absolute atomic E-state index is 5.89. The zero-order valence-corrected chi connectivity index (χ0v) is 51.3. The SMILES string of the molecule is C=CC1=C(C=C)C(C)(C)c2ccc(-c3ccc4c5ccccc5n(-c5cc(-n6c7ccccc7c7ccc(-c8ccc9c(c8)-c8ccccc8C9(C)C)cc76)nc(-n6c7ccccc7c7ccc(-c8ccc9c(c8)-c8ccccc8C9(C)C)cc76)n5)c4c3)cc21. The Morgan fingerprint density at radius 1 is 0.289 bits per heavy atom. The normalized spacial score (nSPS) is 14.9. The number of aromatic nitrogens is 5. The van der Waals surface area contributed by atoms with Crippen molar-refractivity contribution in [3.63, 3.8) is 0 Å². The molecule has 0 saturated carbocycles. The van der Waals surface area contributed by atoms with Crippen LogP contribution >= 0.6 is 0 Å². The van der Waals surface area contributed by atoms with Gasteiger partial charge in [0.1, 0.15) is 11.6 Å². The summed E-state index contributed by atoms with van der Waals surface area (Å²) in [4.78, 5) is 11.8. The van der Waals surface area contributed by atoms with Gasteiger partial charge in [0.25, 0.3) is 0 Å². The molecule has 4 heterocycles. The van der Waals surface area contributed by atoms with Gasteiger partial charge in [0.2, 0.25) is 5.95 Å². The van der Waals surface area contributed by atoms with Crippen LogP contribution in [0.5, 0.6) is 0 Å². The molecule has 0 atom stereocenters. The fraction of sp³-hybridized carbons (Fsp3) is 0.106. The molecule has 0 unspecified atom stereocenters. The number of nitrogens with zero attached hydrogens (tertiary/aromatic N) is 5. The maximum atomic E-state index is 5.89. The number of allylic oxidation sites excluding steroid dienone is 4. The standard InChI is InChI=1S/C85H63N5/c1-9-56-65-43-50(34-40-71(65)83(3,4)68(56)10-2)53-31-37-62-59-23-13-18-28-74(59)88(77(62)46-53)80-49-81(89-75-29-19-14-24-60(75)63-38-32-54(47-78(63)89)51-35-41-72-66(44-51)57-21-11-16-26-69(57)84(72,5)6)87-82(86-80)90-76-30-20-15-25-61(76)64-39-33-55(48-79(64)90)52-36-42-73-67(45-52)58-22-12-17-27-70(58)85(73,7)8/h9-49H,1-2H2,3-8H3. The summed E-state index contributed by atoms with van der Waals surface area (Å²) in [7, 11) is 0. The molecule has 0 N–H and O–H groups in total. The molecule has 15 aromatic rings. The van der Waals surface area contributed by atoms with Crippen molar-refractivity contribution in [3.05, 3.63) is 301 Å². The van der Waals surface area contributed by atoms with E-state index in [4.69, 9.17) is 9.97 Å². The van der Waals surface area contributed by atoms with E-state index >= 15 is 0 Å². The fourth-order valence-corrected chi connectivity index (χ4v) is 16.4. The van der Waals surface area contributed by atoms with Crippen molar-refractivity contribution in [2.75, 3.05) is 0 Å². The molecule has 0 aliphatic heterocycles. The summed E-state index contributed by atoms with van der Waals surface area (Å²) in [5, 5.41) is 6.86. The number of fused-ring (bicyclic) bond motifs is 16. The van der Waals surface area contributed by atoms with E-state index in [1.165, 1.54) is 72.3 Å². The van der Waals surface area contributed by atoms with Gasteiger partial charge < -0.3 is 0 Å². The van der Waals surface area contributed by atoms with Crippen LogP contribution in [-0.2, 0) is 16.2 Å². The van der Waals surface area contributed by atoms with Gasteiger partial charge in [-0.1, -0.05) is 243 Å². The van der Waals surface area contributed by atoms with E-state index in [1.807, 2.05) is 12.2 Å². The highest BCUT2D eigenvalue weighted by atomic mass is 15.2. The second-order valence-electron chi connectivity index (χ2n) is 26.6. The van der Waals surface area contributed by atoms with Gasteiger partial charge in [0.15, 0.2) is 0 Å². The smallest absolute Gasteiger partial charge is 0.238 e. The third kappa shape index (κ3) is 7.14. The van der Waals surface area contributed by atoms with Crippen LogP contribution in [0.15, 0.2) is 267 Å². The highest BCUT2D eigenvalue weighted by Crippen LogP contribution is 2.53. The second kappa shape index (κ2) is 18.6. The summed E-state index contributed by atoms with van der Waals surface area (Å²) in [6.07, 6.45) is 4.00. The monoisotopic (exact) mass is 1150 g/mol. The average Bonchev–Trinajstić information content (AvgIpc) is 1.81. The predicted octanol–water partition coefficient (Wildman–Crippen LogP) is 21.8. The van der Waals surface area contributed by atoms with Crippen molar-refractivity contribution in [3.8, 4) is 73.2 Å². The molecule has 428 valence electrons. The first-order valence-corrected chi connectivity index (χ1v) is 31.4. The van der Waals surface area contributed by atoms with E-state index in [0.29, 0.717) is 5.95 Å². The minimum Gasteiger partial charge on any atom is -0.294 e. The lowest BCUT2D eigenvalue weighted by Crippen LogP contribution is -2.15. The Kier molecular flexibility index (Phi) is 10.8. The van der Waals surface area contributed by atoms with Crippen LogP contribution in [0.2, 0.25) is 0 Å². The molecule has 0 amide bonds. The third-order valence-corrected chi connectivity index (χ3v) is 20.9. The van der Waals surface area contributed by atoms with Gasteiger partial charge in [-0.15, -0.1) is 0 Å². The largest absolute Gasteiger partial charge is 0.294 e.